The molecule has 1 aliphatic rings. The summed E-state index contributed by atoms with van der Waals surface area (Å²) >= 11 is 0. The summed E-state index contributed by atoms with van der Waals surface area (Å²) in [7, 11) is 0. The van der Waals surface area contributed by atoms with Gasteiger partial charge in [0.05, 0.1) is 12.1 Å². The lowest BCUT2D eigenvalue weighted by molar-refractivity contribution is 0.0866. The number of benzene rings is 1. The van der Waals surface area contributed by atoms with Crippen LogP contribution in [0.3, 0.4) is 0 Å². The maximum absolute atomic E-state index is 12.1. The lowest BCUT2D eigenvalue weighted by Crippen LogP contribution is -2.39. The van der Waals surface area contributed by atoms with Crippen LogP contribution >= 0.6 is 0 Å². The number of fused-ring (bicyclic) bond motifs is 1. The molecule has 4 heteroatoms. The summed E-state index contributed by atoms with van der Waals surface area (Å²) in [5, 5.41) is 4.08. The molecule has 0 spiro atoms. The van der Waals surface area contributed by atoms with Gasteiger partial charge >= 0.3 is 0 Å². The van der Waals surface area contributed by atoms with E-state index in [-0.39, 0.29) is 18.1 Å². The average Bonchev–Trinajstić information content (AvgIpc) is 2.98. The van der Waals surface area contributed by atoms with Gasteiger partial charge in [-0.3, -0.25) is 4.79 Å². The first kappa shape index (κ1) is 11.3. The van der Waals surface area contributed by atoms with Crippen LogP contribution in [0.2, 0.25) is 0 Å². The van der Waals surface area contributed by atoms with E-state index in [1.165, 1.54) is 0 Å². The third-order valence-corrected chi connectivity index (χ3v) is 3.51. The number of ether oxygens (including phenoxy) is 1. The first-order valence-corrected chi connectivity index (χ1v) is 6.23. The lowest BCUT2D eigenvalue weighted by atomic mass is 10.1. The third-order valence-electron chi connectivity index (χ3n) is 3.51. The van der Waals surface area contributed by atoms with Crippen LogP contribution in [0.15, 0.2) is 30.5 Å². The van der Waals surface area contributed by atoms with Gasteiger partial charge in [-0.05, 0) is 37.6 Å². The molecule has 3 rings (SSSR count). The molecule has 4 nitrogen and oxygen atoms in total. The molecular weight excluding hydrogens is 228 g/mol. The summed E-state index contributed by atoms with van der Waals surface area (Å²) in [6, 6.07) is 7.77. The minimum atomic E-state index is -0.0274. The van der Waals surface area contributed by atoms with E-state index in [2.05, 4.69) is 10.3 Å². The Balaban J connectivity index is 1.78. The van der Waals surface area contributed by atoms with Crippen LogP contribution in [0.1, 0.15) is 23.7 Å². The fourth-order valence-corrected chi connectivity index (χ4v) is 2.37. The number of nitrogens with one attached hydrogen (secondary N) is 2. The summed E-state index contributed by atoms with van der Waals surface area (Å²) in [4.78, 5) is 15.2. The van der Waals surface area contributed by atoms with E-state index in [1.807, 2.05) is 37.4 Å². The molecule has 94 valence electrons. The molecule has 2 unspecified atom stereocenters. The maximum atomic E-state index is 12.1. The molecule has 2 N–H and O–H groups in total. The molecule has 18 heavy (non-hydrogen) atoms. The number of aromatic amines is 1. The van der Waals surface area contributed by atoms with Crippen LogP contribution in [-0.4, -0.2) is 29.6 Å². The van der Waals surface area contributed by atoms with Crippen LogP contribution in [-0.2, 0) is 4.74 Å². The summed E-state index contributed by atoms with van der Waals surface area (Å²) in [5.41, 5.74) is 1.74. The second-order valence-corrected chi connectivity index (χ2v) is 4.72. The SMILES string of the molecule is CC1OCCC1NC(=O)c1ccc2[nH]ccc2c1. The smallest absolute Gasteiger partial charge is 0.251 e. The van der Waals surface area contributed by atoms with E-state index in [4.69, 9.17) is 4.74 Å². The Morgan fingerprint density at radius 1 is 1.44 bits per heavy atom. The van der Waals surface area contributed by atoms with Gasteiger partial charge in [0.2, 0.25) is 0 Å². The van der Waals surface area contributed by atoms with Crippen molar-refractivity contribution in [2.24, 2.45) is 0 Å². The Kier molecular flexibility index (Phi) is 2.80. The summed E-state index contributed by atoms with van der Waals surface area (Å²) in [5.74, 6) is -0.0274. The molecule has 0 aliphatic carbocycles. The van der Waals surface area contributed by atoms with Crippen molar-refractivity contribution in [2.45, 2.75) is 25.5 Å². The van der Waals surface area contributed by atoms with Crippen LogP contribution in [0, 0.1) is 0 Å². The Labute approximate surface area is 105 Å². The van der Waals surface area contributed by atoms with Gasteiger partial charge < -0.3 is 15.0 Å². The highest BCUT2D eigenvalue weighted by Crippen LogP contribution is 2.16. The van der Waals surface area contributed by atoms with Gasteiger partial charge in [0.1, 0.15) is 0 Å². The molecule has 1 fully saturated rings. The van der Waals surface area contributed by atoms with Crippen LogP contribution in [0.25, 0.3) is 10.9 Å². The monoisotopic (exact) mass is 244 g/mol. The van der Waals surface area contributed by atoms with Gasteiger partial charge in [0, 0.05) is 29.3 Å². The summed E-state index contributed by atoms with van der Waals surface area (Å²) < 4.78 is 5.44. The van der Waals surface area contributed by atoms with Gasteiger partial charge in [-0.15, -0.1) is 0 Å². The van der Waals surface area contributed by atoms with Crippen molar-refractivity contribution in [1.82, 2.24) is 10.3 Å². The normalized spacial score (nSPS) is 23.4. The highest BCUT2D eigenvalue weighted by molar-refractivity contribution is 5.98. The number of hydrogen-bond donors (Lipinski definition) is 2. The van der Waals surface area contributed by atoms with E-state index in [0.717, 1.165) is 23.9 Å². The lowest BCUT2D eigenvalue weighted by Gasteiger charge is -2.15. The van der Waals surface area contributed by atoms with Crippen molar-refractivity contribution >= 4 is 16.8 Å². The van der Waals surface area contributed by atoms with Gasteiger partial charge in [0.15, 0.2) is 0 Å². The first-order valence-electron chi connectivity index (χ1n) is 6.23. The minimum Gasteiger partial charge on any atom is -0.376 e. The van der Waals surface area contributed by atoms with Crippen molar-refractivity contribution < 1.29 is 9.53 Å². The zero-order valence-electron chi connectivity index (χ0n) is 10.3. The highest BCUT2D eigenvalue weighted by Gasteiger charge is 2.25. The summed E-state index contributed by atoms with van der Waals surface area (Å²) in [6.07, 6.45) is 2.86. The van der Waals surface area contributed by atoms with Crippen molar-refractivity contribution in [3.8, 4) is 0 Å². The molecule has 1 amide bonds. The first-order chi connectivity index (χ1) is 8.74. The van der Waals surface area contributed by atoms with Crippen LogP contribution < -0.4 is 5.32 Å². The fraction of sp³-hybridized carbons (Fsp3) is 0.357. The fourth-order valence-electron chi connectivity index (χ4n) is 2.37. The van der Waals surface area contributed by atoms with Gasteiger partial charge in [0.25, 0.3) is 5.91 Å². The van der Waals surface area contributed by atoms with Gasteiger partial charge in [-0.2, -0.15) is 0 Å². The van der Waals surface area contributed by atoms with E-state index in [1.54, 1.807) is 0 Å². The quantitative estimate of drug-likeness (QED) is 0.849. The predicted molar refractivity (Wildman–Crippen MR) is 69.6 cm³/mol. The van der Waals surface area contributed by atoms with Crippen molar-refractivity contribution in [2.75, 3.05) is 6.61 Å². The largest absolute Gasteiger partial charge is 0.376 e. The number of rotatable bonds is 2. The van der Waals surface area contributed by atoms with Crippen molar-refractivity contribution in [3.05, 3.63) is 36.0 Å². The van der Waals surface area contributed by atoms with Gasteiger partial charge in [-0.1, -0.05) is 0 Å². The second kappa shape index (κ2) is 4.46. The van der Waals surface area contributed by atoms with E-state index in [0.29, 0.717) is 5.56 Å². The number of H-pyrrole nitrogens is 1. The molecule has 2 aromatic rings. The number of amides is 1. The molecule has 2 heterocycles. The number of carbonyl (C=O) groups excluding carboxylic acids is 1. The maximum Gasteiger partial charge on any atom is 0.251 e. The Bertz CT molecular complexity index is 576. The van der Waals surface area contributed by atoms with Crippen molar-refractivity contribution in [3.63, 3.8) is 0 Å². The van der Waals surface area contributed by atoms with Crippen molar-refractivity contribution in [1.29, 1.82) is 0 Å². The Hall–Kier alpha value is -1.81. The topological polar surface area (TPSA) is 54.1 Å². The predicted octanol–water partition coefficient (Wildman–Crippen LogP) is 2.08. The number of hydrogen-bond acceptors (Lipinski definition) is 2. The Morgan fingerprint density at radius 3 is 3.11 bits per heavy atom. The van der Waals surface area contributed by atoms with Crippen LogP contribution in [0.4, 0.5) is 0 Å². The molecular formula is C14H16N2O2. The average molecular weight is 244 g/mol. The van der Waals surface area contributed by atoms with E-state index >= 15 is 0 Å². The number of carbonyl (C=O) groups is 1. The molecule has 0 saturated carbocycles. The molecule has 1 saturated heterocycles. The molecule has 0 bridgehead atoms. The molecule has 1 aliphatic heterocycles. The van der Waals surface area contributed by atoms with E-state index in [9.17, 15) is 4.79 Å². The minimum absolute atomic E-state index is 0.0274. The third kappa shape index (κ3) is 1.99. The molecule has 0 radical (unpaired) electrons. The molecule has 1 aromatic carbocycles. The van der Waals surface area contributed by atoms with E-state index < -0.39 is 0 Å². The second-order valence-electron chi connectivity index (χ2n) is 4.72. The number of aromatic nitrogens is 1. The standard InChI is InChI=1S/C14H16N2O2/c1-9-12(5-7-18-9)16-14(17)11-2-3-13-10(8-11)4-6-15-13/h2-4,6,8-9,12,15H,5,7H2,1H3,(H,16,17). The zero-order valence-corrected chi connectivity index (χ0v) is 10.3. The zero-order chi connectivity index (χ0) is 12.5. The van der Waals surface area contributed by atoms with Crippen LogP contribution in [0.5, 0.6) is 0 Å². The summed E-state index contributed by atoms with van der Waals surface area (Å²) in [6.45, 7) is 2.72. The molecule has 1 aromatic heterocycles. The highest BCUT2D eigenvalue weighted by atomic mass is 16.5. The molecule has 2 atom stereocenters. The Morgan fingerprint density at radius 2 is 2.33 bits per heavy atom. The van der Waals surface area contributed by atoms with Gasteiger partial charge in [-0.25, -0.2) is 0 Å².